The van der Waals surface area contributed by atoms with Crippen molar-refractivity contribution in [2.75, 3.05) is 26.2 Å². The lowest BCUT2D eigenvalue weighted by molar-refractivity contribution is -0.135. The van der Waals surface area contributed by atoms with E-state index < -0.39 is 5.54 Å². The smallest absolute Gasteiger partial charge is 0.242 e. The molecule has 2 heterocycles. The maximum atomic E-state index is 12.2. The highest BCUT2D eigenvalue weighted by molar-refractivity contribution is 7.09. The lowest BCUT2D eigenvalue weighted by Gasteiger charge is -2.35. The third kappa shape index (κ3) is 2.87. The number of hydrogen-bond donors (Lipinski definition) is 1. The fourth-order valence-electron chi connectivity index (χ4n) is 2.59. The molecule has 1 aliphatic carbocycles. The number of piperazine rings is 1. The Hall–Kier alpha value is -0.980. The molecule has 1 aromatic heterocycles. The average Bonchev–Trinajstić information content (AvgIpc) is 3.06. The highest BCUT2D eigenvalue weighted by Crippen LogP contribution is 2.34. The number of carbonyl (C=O) groups is 1. The van der Waals surface area contributed by atoms with Crippen molar-refractivity contribution in [3.8, 4) is 0 Å². The second-order valence-electron chi connectivity index (χ2n) is 5.81. The van der Waals surface area contributed by atoms with Crippen LogP contribution in [-0.4, -0.2) is 52.4 Å². The predicted octanol–water partition coefficient (Wildman–Crippen LogP) is 0.841. The fraction of sp³-hybridized carbons (Fsp3) is 0.714. The van der Waals surface area contributed by atoms with E-state index in [1.54, 1.807) is 11.3 Å². The van der Waals surface area contributed by atoms with Crippen LogP contribution in [0.3, 0.4) is 0 Å². The molecule has 1 aromatic rings. The van der Waals surface area contributed by atoms with Crippen molar-refractivity contribution >= 4 is 17.2 Å². The van der Waals surface area contributed by atoms with Crippen LogP contribution in [0.5, 0.6) is 0 Å². The van der Waals surface area contributed by atoms with Crippen LogP contribution < -0.4 is 5.73 Å². The number of nitrogens with two attached hydrogens (primary N) is 1. The third-order valence-electron chi connectivity index (χ3n) is 4.16. The SMILES string of the molecule is CCc1nc(CN2CCN(C(=O)C3(N)CC3)CC2)cs1. The number of aryl methyl sites for hydroxylation is 1. The summed E-state index contributed by atoms with van der Waals surface area (Å²) >= 11 is 1.74. The largest absolute Gasteiger partial charge is 0.339 e. The number of rotatable bonds is 4. The molecule has 0 bridgehead atoms. The van der Waals surface area contributed by atoms with Gasteiger partial charge in [-0.05, 0) is 19.3 Å². The van der Waals surface area contributed by atoms with Crippen molar-refractivity contribution < 1.29 is 4.79 Å². The van der Waals surface area contributed by atoms with Crippen LogP contribution in [0.1, 0.15) is 30.5 Å². The summed E-state index contributed by atoms with van der Waals surface area (Å²) in [4.78, 5) is 21.1. The van der Waals surface area contributed by atoms with Crippen LogP contribution in [-0.2, 0) is 17.8 Å². The van der Waals surface area contributed by atoms with E-state index in [0.29, 0.717) is 0 Å². The topological polar surface area (TPSA) is 62.5 Å². The summed E-state index contributed by atoms with van der Waals surface area (Å²) < 4.78 is 0. The number of carbonyl (C=O) groups excluding carboxylic acids is 1. The molecule has 2 fully saturated rings. The lowest BCUT2D eigenvalue weighted by Crippen LogP contribution is -2.53. The van der Waals surface area contributed by atoms with E-state index in [2.05, 4.69) is 22.2 Å². The number of amides is 1. The average molecular weight is 294 g/mol. The first kappa shape index (κ1) is 14.0. The van der Waals surface area contributed by atoms with E-state index in [1.807, 2.05) is 4.90 Å². The second kappa shape index (κ2) is 5.42. The normalized spacial score (nSPS) is 22.0. The van der Waals surface area contributed by atoms with E-state index in [1.165, 1.54) is 5.01 Å². The Labute approximate surface area is 123 Å². The van der Waals surface area contributed by atoms with Gasteiger partial charge in [0, 0.05) is 38.1 Å². The van der Waals surface area contributed by atoms with Gasteiger partial charge in [0.2, 0.25) is 5.91 Å². The maximum Gasteiger partial charge on any atom is 0.242 e. The predicted molar refractivity (Wildman–Crippen MR) is 79.5 cm³/mol. The molecule has 0 unspecified atom stereocenters. The molecule has 0 radical (unpaired) electrons. The minimum absolute atomic E-state index is 0.152. The number of thiazole rings is 1. The first-order valence-electron chi connectivity index (χ1n) is 7.34. The van der Waals surface area contributed by atoms with Crippen LogP contribution in [0, 0.1) is 0 Å². The van der Waals surface area contributed by atoms with Crippen LogP contribution in [0.2, 0.25) is 0 Å². The van der Waals surface area contributed by atoms with Crippen molar-refractivity contribution in [1.29, 1.82) is 0 Å². The Balaban J connectivity index is 1.49. The summed E-state index contributed by atoms with van der Waals surface area (Å²) in [5.74, 6) is 0.152. The molecule has 1 aliphatic heterocycles. The van der Waals surface area contributed by atoms with Gasteiger partial charge in [-0.1, -0.05) is 6.92 Å². The first-order chi connectivity index (χ1) is 9.60. The number of hydrogen-bond acceptors (Lipinski definition) is 5. The zero-order valence-corrected chi connectivity index (χ0v) is 12.8. The first-order valence-corrected chi connectivity index (χ1v) is 8.22. The Morgan fingerprint density at radius 3 is 2.65 bits per heavy atom. The molecule has 110 valence electrons. The van der Waals surface area contributed by atoms with Gasteiger partial charge in [-0.15, -0.1) is 11.3 Å². The standard InChI is InChI=1S/C14H22N4OS/c1-2-12-16-11(10-20-12)9-17-5-7-18(8-6-17)13(19)14(15)3-4-14/h10H,2-9,15H2,1H3. The molecule has 2 aliphatic rings. The number of nitrogens with zero attached hydrogens (tertiary/aromatic N) is 3. The zero-order chi connectivity index (χ0) is 14.2. The molecule has 20 heavy (non-hydrogen) atoms. The highest BCUT2D eigenvalue weighted by atomic mass is 32.1. The van der Waals surface area contributed by atoms with Crippen LogP contribution in [0.4, 0.5) is 0 Å². The summed E-state index contributed by atoms with van der Waals surface area (Å²) in [7, 11) is 0. The molecule has 0 atom stereocenters. The summed E-state index contributed by atoms with van der Waals surface area (Å²) in [6, 6.07) is 0. The molecule has 6 heteroatoms. The van der Waals surface area contributed by atoms with Gasteiger partial charge in [0.25, 0.3) is 0 Å². The quantitative estimate of drug-likeness (QED) is 0.894. The molecule has 1 saturated carbocycles. The van der Waals surface area contributed by atoms with Crippen molar-refractivity contribution in [1.82, 2.24) is 14.8 Å². The molecule has 5 nitrogen and oxygen atoms in total. The fourth-order valence-corrected chi connectivity index (χ4v) is 3.32. The van der Waals surface area contributed by atoms with E-state index >= 15 is 0 Å². The van der Waals surface area contributed by atoms with Gasteiger partial charge in [0.15, 0.2) is 0 Å². The number of aromatic nitrogens is 1. The summed E-state index contributed by atoms with van der Waals surface area (Å²) in [5, 5.41) is 3.35. The Morgan fingerprint density at radius 2 is 2.10 bits per heavy atom. The summed E-state index contributed by atoms with van der Waals surface area (Å²) in [5.41, 5.74) is 6.62. The van der Waals surface area contributed by atoms with Gasteiger partial charge < -0.3 is 10.6 Å². The van der Waals surface area contributed by atoms with Crippen LogP contribution >= 0.6 is 11.3 Å². The van der Waals surface area contributed by atoms with Gasteiger partial charge in [-0.3, -0.25) is 9.69 Å². The maximum absolute atomic E-state index is 12.2. The Bertz CT molecular complexity index is 489. The van der Waals surface area contributed by atoms with Crippen molar-refractivity contribution in [2.24, 2.45) is 5.73 Å². The van der Waals surface area contributed by atoms with Gasteiger partial charge in [-0.2, -0.15) is 0 Å². The van der Waals surface area contributed by atoms with E-state index in [4.69, 9.17) is 5.73 Å². The summed E-state index contributed by atoms with van der Waals surface area (Å²) in [6.07, 6.45) is 2.71. The van der Waals surface area contributed by atoms with Gasteiger partial charge >= 0.3 is 0 Å². The van der Waals surface area contributed by atoms with Gasteiger partial charge in [0.1, 0.15) is 0 Å². The van der Waals surface area contributed by atoms with Crippen LogP contribution in [0.25, 0.3) is 0 Å². The monoisotopic (exact) mass is 294 g/mol. The molecule has 1 amide bonds. The van der Waals surface area contributed by atoms with Gasteiger partial charge in [0.05, 0.1) is 16.2 Å². The van der Waals surface area contributed by atoms with E-state index in [-0.39, 0.29) is 5.91 Å². The molecule has 2 N–H and O–H groups in total. The van der Waals surface area contributed by atoms with Gasteiger partial charge in [-0.25, -0.2) is 4.98 Å². The molecule has 0 aromatic carbocycles. The second-order valence-corrected chi connectivity index (χ2v) is 6.75. The third-order valence-corrected chi connectivity index (χ3v) is 5.20. The van der Waals surface area contributed by atoms with Crippen LogP contribution in [0.15, 0.2) is 5.38 Å². The minimum Gasteiger partial charge on any atom is -0.339 e. The van der Waals surface area contributed by atoms with E-state index in [9.17, 15) is 4.79 Å². The molecule has 1 saturated heterocycles. The molecule has 3 rings (SSSR count). The summed E-state index contributed by atoms with van der Waals surface area (Å²) in [6.45, 7) is 6.45. The Kier molecular flexibility index (Phi) is 3.79. The van der Waals surface area contributed by atoms with Crippen molar-refractivity contribution in [3.63, 3.8) is 0 Å². The van der Waals surface area contributed by atoms with Crippen molar-refractivity contribution in [2.45, 2.75) is 38.3 Å². The lowest BCUT2D eigenvalue weighted by atomic mass is 10.2. The Morgan fingerprint density at radius 1 is 1.40 bits per heavy atom. The molecule has 0 spiro atoms. The molecular formula is C14H22N4OS. The van der Waals surface area contributed by atoms with Crippen molar-refractivity contribution in [3.05, 3.63) is 16.1 Å². The minimum atomic E-state index is -0.521. The highest BCUT2D eigenvalue weighted by Gasteiger charge is 2.48. The zero-order valence-electron chi connectivity index (χ0n) is 12.0. The molecular weight excluding hydrogens is 272 g/mol. The van der Waals surface area contributed by atoms with E-state index in [0.717, 1.165) is 57.7 Å².